The zero-order valence-electron chi connectivity index (χ0n) is 8.07. The summed E-state index contributed by atoms with van der Waals surface area (Å²) in [4.78, 5) is 13.4. The fourth-order valence-corrected chi connectivity index (χ4v) is 1.91. The van der Waals surface area contributed by atoms with Crippen LogP contribution < -0.4 is 10.2 Å². The molecule has 3 nitrogen and oxygen atoms in total. The number of benzene rings is 1. The van der Waals surface area contributed by atoms with Crippen molar-refractivity contribution >= 4 is 39.9 Å². The molecule has 0 aliphatic carbocycles. The van der Waals surface area contributed by atoms with Crippen LogP contribution in [-0.2, 0) is 4.79 Å². The summed E-state index contributed by atoms with van der Waals surface area (Å²) >= 11 is 3.40. The molecule has 2 rings (SSSR count). The van der Waals surface area contributed by atoms with Gasteiger partial charge in [-0.05, 0) is 18.2 Å². The quantitative estimate of drug-likeness (QED) is 0.856. The van der Waals surface area contributed by atoms with Crippen LogP contribution in [-0.4, -0.2) is 25.5 Å². The fraction of sp³-hybridized carbons (Fsp3) is 0.300. The van der Waals surface area contributed by atoms with E-state index in [4.69, 9.17) is 0 Å². The van der Waals surface area contributed by atoms with Gasteiger partial charge in [0.15, 0.2) is 0 Å². The molecule has 1 fully saturated rings. The molecule has 1 heterocycles. The van der Waals surface area contributed by atoms with Gasteiger partial charge in [0.1, 0.15) is 0 Å². The summed E-state index contributed by atoms with van der Waals surface area (Å²) in [5, 5.41) is 3.05. The van der Waals surface area contributed by atoms with Gasteiger partial charge in [0, 0.05) is 23.2 Å². The lowest BCUT2D eigenvalue weighted by Crippen LogP contribution is -2.48. The van der Waals surface area contributed by atoms with E-state index >= 15 is 0 Å². The van der Waals surface area contributed by atoms with E-state index < -0.39 is 0 Å². The van der Waals surface area contributed by atoms with Crippen molar-refractivity contribution in [2.24, 2.45) is 0 Å². The Labute approximate surface area is 103 Å². The standard InChI is InChI=1S/C10H11BrN2O.ClH/c11-8-2-1-3-9(6-8)13-5-4-12-7-10(13)14;/h1-3,6,12H,4-5,7H2;1H. The smallest absolute Gasteiger partial charge is 0.240 e. The van der Waals surface area contributed by atoms with Gasteiger partial charge in [-0.25, -0.2) is 0 Å². The van der Waals surface area contributed by atoms with Crippen LogP contribution in [0.3, 0.4) is 0 Å². The highest BCUT2D eigenvalue weighted by Gasteiger charge is 2.18. The van der Waals surface area contributed by atoms with E-state index in [-0.39, 0.29) is 18.3 Å². The first kappa shape index (κ1) is 12.5. The molecule has 0 saturated carbocycles. The molecule has 15 heavy (non-hydrogen) atoms. The van der Waals surface area contributed by atoms with Crippen LogP contribution in [0.2, 0.25) is 0 Å². The van der Waals surface area contributed by atoms with Crippen molar-refractivity contribution < 1.29 is 4.79 Å². The molecule has 1 N–H and O–H groups in total. The SMILES string of the molecule is Cl.O=C1CNCCN1c1cccc(Br)c1. The third kappa shape index (κ3) is 2.93. The minimum atomic E-state index is 0. The first-order chi connectivity index (χ1) is 6.77. The Morgan fingerprint density at radius 1 is 1.40 bits per heavy atom. The number of hydrogen-bond donors (Lipinski definition) is 1. The van der Waals surface area contributed by atoms with Crippen LogP contribution in [0, 0.1) is 0 Å². The maximum atomic E-state index is 11.6. The summed E-state index contributed by atoms with van der Waals surface area (Å²) in [6, 6.07) is 7.81. The molecule has 1 amide bonds. The Morgan fingerprint density at radius 2 is 2.20 bits per heavy atom. The van der Waals surface area contributed by atoms with Crippen molar-refractivity contribution in [2.45, 2.75) is 0 Å². The van der Waals surface area contributed by atoms with E-state index in [1.54, 1.807) is 4.90 Å². The summed E-state index contributed by atoms with van der Waals surface area (Å²) in [6.07, 6.45) is 0. The number of amides is 1. The molecule has 0 atom stereocenters. The lowest BCUT2D eigenvalue weighted by molar-refractivity contribution is -0.118. The molecule has 1 aromatic rings. The molecular weight excluding hydrogens is 279 g/mol. The van der Waals surface area contributed by atoms with Crippen LogP contribution in [0.15, 0.2) is 28.7 Å². The van der Waals surface area contributed by atoms with Gasteiger partial charge in [-0.15, -0.1) is 12.4 Å². The molecule has 0 radical (unpaired) electrons. The predicted octanol–water partition coefficient (Wildman–Crippen LogP) is 1.81. The zero-order valence-corrected chi connectivity index (χ0v) is 10.5. The van der Waals surface area contributed by atoms with Gasteiger partial charge < -0.3 is 10.2 Å². The first-order valence-corrected chi connectivity index (χ1v) is 5.33. The maximum Gasteiger partial charge on any atom is 0.240 e. The van der Waals surface area contributed by atoms with Crippen molar-refractivity contribution in [1.29, 1.82) is 0 Å². The molecule has 1 aliphatic rings. The van der Waals surface area contributed by atoms with E-state index in [1.807, 2.05) is 24.3 Å². The largest absolute Gasteiger partial charge is 0.310 e. The number of piperazine rings is 1. The Bertz CT molecular complexity index is 359. The van der Waals surface area contributed by atoms with Gasteiger partial charge in [-0.3, -0.25) is 4.79 Å². The number of carbonyl (C=O) groups is 1. The average Bonchev–Trinajstić information content (AvgIpc) is 2.18. The summed E-state index contributed by atoms with van der Waals surface area (Å²) in [5.41, 5.74) is 0.964. The molecule has 0 spiro atoms. The second-order valence-corrected chi connectivity index (χ2v) is 4.12. The number of rotatable bonds is 1. The van der Waals surface area contributed by atoms with Crippen molar-refractivity contribution in [1.82, 2.24) is 5.32 Å². The molecule has 0 unspecified atom stereocenters. The third-order valence-electron chi connectivity index (χ3n) is 2.21. The summed E-state index contributed by atoms with van der Waals surface area (Å²) in [5.74, 6) is 0.134. The summed E-state index contributed by atoms with van der Waals surface area (Å²) in [6.45, 7) is 2.04. The van der Waals surface area contributed by atoms with Gasteiger partial charge in [0.2, 0.25) is 5.91 Å². The molecule has 1 aliphatic heterocycles. The number of halogens is 2. The number of nitrogens with zero attached hydrogens (tertiary/aromatic N) is 1. The molecular formula is C10H12BrClN2O. The van der Waals surface area contributed by atoms with Crippen LogP contribution >= 0.6 is 28.3 Å². The summed E-state index contributed by atoms with van der Waals surface area (Å²) in [7, 11) is 0. The number of carbonyl (C=O) groups excluding carboxylic acids is 1. The van der Waals surface area contributed by atoms with Crippen LogP contribution in [0.1, 0.15) is 0 Å². The second kappa shape index (κ2) is 5.49. The lowest BCUT2D eigenvalue weighted by atomic mass is 10.2. The number of hydrogen-bond acceptors (Lipinski definition) is 2. The average molecular weight is 292 g/mol. The monoisotopic (exact) mass is 290 g/mol. The Hall–Kier alpha value is -0.580. The van der Waals surface area contributed by atoms with Crippen LogP contribution in [0.25, 0.3) is 0 Å². The molecule has 1 saturated heterocycles. The molecule has 82 valence electrons. The van der Waals surface area contributed by atoms with E-state index in [2.05, 4.69) is 21.2 Å². The Balaban J connectivity index is 0.00000112. The molecule has 0 bridgehead atoms. The van der Waals surface area contributed by atoms with Crippen molar-refractivity contribution in [3.63, 3.8) is 0 Å². The highest BCUT2D eigenvalue weighted by molar-refractivity contribution is 9.10. The zero-order chi connectivity index (χ0) is 9.97. The van der Waals surface area contributed by atoms with Crippen LogP contribution in [0.4, 0.5) is 5.69 Å². The van der Waals surface area contributed by atoms with Gasteiger partial charge in [-0.2, -0.15) is 0 Å². The highest BCUT2D eigenvalue weighted by atomic mass is 79.9. The fourth-order valence-electron chi connectivity index (χ4n) is 1.52. The van der Waals surface area contributed by atoms with E-state index in [9.17, 15) is 4.79 Å². The number of nitrogens with one attached hydrogen (secondary N) is 1. The molecule has 5 heteroatoms. The minimum absolute atomic E-state index is 0. The van der Waals surface area contributed by atoms with E-state index in [1.165, 1.54) is 0 Å². The van der Waals surface area contributed by atoms with Gasteiger partial charge in [-0.1, -0.05) is 22.0 Å². The second-order valence-electron chi connectivity index (χ2n) is 3.20. The van der Waals surface area contributed by atoms with E-state index in [0.29, 0.717) is 6.54 Å². The van der Waals surface area contributed by atoms with Crippen molar-refractivity contribution in [2.75, 3.05) is 24.5 Å². The van der Waals surface area contributed by atoms with Crippen molar-refractivity contribution in [3.05, 3.63) is 28.7 Å². The van der Waals surface area contributed by atoms with Gasteiger partial charge in [0.25, 0.3) is 0 Å². The predicted molar refractivity (Wildman–Crippen MR) is 66.6 cm³/mol. The van der Waals surface area contributed by atoms with Gasteiger partial charge >= 0.3 is 0 Å². The topological polar surface area (TPSA) is 32.3 Å². The lowest BCUT2D eigenvalue weighted by Gasteiger charge is -2.27. The first-order valence-electron chi connectivity index (χ1n) is 4.54. The number of anilines is 1. The summed E-state index contributed by atoms with van der Waals surface area (Å²) < 4.78 is 1.00. The van der Waals surface area contributed by atoms with Crippen molar-refractivity contribution in [3.8, 4) is 0 Å². The third-order valence-corrected chi connectivity index (χ3v) is 2.70. The Kier molecular flexibility index (Phi) is 4.57. The van der Waals surface area contributed by atoms with E-state index in [0.717, 1.165) is 23.2 Å². The molecule has 1 aromatic carbocycles. The molecule has 0 aromatic heterocycles. The highest BCUT2D eigenvalue weighted by Crippen LogP contribution is 2.20. The van der Waals surface area contributed by atoms with Gasteiger partial charge in [0.05, 0.1) is 6.54 Å². The van der Waals surface area contributed by atoms with Crippen LogP contribution in [0.5, 0.6) is 0 Å². The Morgan fingerprint density at radius 3 is 2.87 bits per heavy atom. The maximum absolute atomic E-state index is 11.6. The minimum Gasteiger partial charge on any atom is -0.310 e. The normalized spacial score (nSPS) is 16.1.